The number of anilines is 1. The average Bonchev–Trinajstić information content (AvgIpc) is 3.00. The van der Waals surface area contributed by atoms with Gasteiger partial charge in [0.25, 0.3) is 5.91 Å². The molecule has 0 bridgehead atoms. The molecular formula is C23H26ClN3O2. The number of phenols is 1. The molecule has 2 aliphatic rings. The number of carbonyl (C=O) groups excluding carboxylic acids is 1. The summed E-state index contributed by atoms with van der Waals surface area (Å²) in [7, 11) is 0. The van der Waals surface area contributed by atoms with Gasteiger partial charge in [0.2, 0.25) is 0 Å². The zero-order chi connectivity index (χ0) is 20.2. The van der Waals surface area contributed by atoms with Gasteiger partial charge in [-0.15, -0.1) is 0 Å². The van der Waals surface area contributed by atoms with Gasteiger partial charge in [0.15, 0.2) is 0 Å². The Labute approximate surface area is 176 Å². The van der Waals surface area contributed by atoms with Crippen LogP contribution >= 0.6 is 11.6 Å². The van der Waals surface area contributed by atoms with Gasteiger partial charge < -0.3 is 10.4 Å². The lowest BCUT2D eigenvalue weighted by Gasteiger charge is -2.24. The van der Waals surface area contributed by atoms with Crippen molar-refractivity contribution < 1.29 is 9.90 Å². The van der Waals surface area contributed by atoms with Gasteiger partial charge in [-0.1, -0.05) is 61.5 Å². The maximum absolute atomic E-state index is 13.0. The lowest BCUT2D eigenvalue weighted by molar-refractivity contribution is -0.115. The summed E-state index contributed by atoms with van der Waals surface area (Å²) in [4.78, 5) is 13.0. The molecule has 6 heteroatoms. The van der Waals surface area contributed by atoms with E-state index in [4.69, 9.17) is 11.6 Å². The number of carbonyl (C=O) groups is 1. The molecule has 1 unspecified atom stereocenters. The molecule has 0 spiro atoms. The van der Waals surface area contributed by atoms with Crippen LogP contribution in [0.1, 0.15) is 56.6 Å². The first-order valence-corrected chi connectivity index (χ1v) is 10.7. The van der Waals surface area contributed by atoms with Crippen molar-refractivity contribution >= 4 is 28.9 Å². The van der Waals surface area contributed by atoms with Gasteiger partial charge in [-0.2, -0.15) is 5.10 Å². The van der Waals surface area contributed by atoms with E-state index < -0.39 is 0 Å². The molecule has 4 rings (SSSR count). The maximum Gasteiger partial charge on any atom is 0.267 e. The predicted octanol–water partition coefficient (Wildman–Crippen LogP) is 5.19. The second kappa shape index (κ2) is 8.87. The Balaban J connectivity index is 1.59. The standard InChI is InChI=1S/C23H26ClN3O2/c24-19-9-5-6-10-21(19)27-22(16-11-13-18(28)14-12-16)15-20(26-27)23(29)25-17-7-3-1-2-4-8-17/h5-6,9-14,17,22,28H,1-4,7-8,15H2,(H,25,29). The molecule has 29 heavy (non-hydrogen) atoms. The fourth-order valence-electron chi connectivity index (χ4n) is 4.16. The molecule has 152 valence electrons. The highest BCUT2D eigenvalue weighted by Crippen LogP contribution is 2.39. The highest BCUT2D eigenvalue weighted by molar-refractivity contribution is 6.40. The third-order valence-electron chi connectivity index (χ3n) is 5.74. The number of nitrogens with zero attached hydrogens (tertiary/aromatic N) is 2. The number of hydrogen-bond acceptors (Lipinski definition) is 4. The minimum atomic E-state index is -0.148. The lowest BCUT2D eigenvalue weighted by atomic mass is 10.0. The third kappa shape index (κ3) is 4.56. The highest BCUT2D eigenvalue weighted by atomic mass is 35.5. The summed E-state index contributed by atoms with van der Waals surface area (Å²) in [6.45, 7) is 0. The van der Waals surface area contributed by atoms with E-state index in [-0.39, 0.29) is 23.7 Å². The molecule has 1 amide bonds. The number of hydrazone groups is 1. The molecule has 1 atom stereocenters. The Hall–Kier alpha value is -2.53. The van der Waals surface area contributed by atoms with Crippen LogP contribution < -0.4 is 10.3 Å². The summed E-state index contributed by atoms with van der Waals surface area (Å²) in [5.41, 5.74) is 2.26. The average molecular weight is 412 g/mol. The molecule has 2 aromatic carbocycles. The van der Waals surface area contributed by atoms with Crippen molar-refractivity contribution in [2.75, 3.05) is 5.01 Å². The van der Waals surface area contributed by atoms with E-state index in [0.29, 0.717) is 17.2 Å². The Bertz CT molecular complexity index is 889. The first-order chi connectivity index (χ1) is 14.1. The zero-order valence-electron chi connectivity index (χ0n) is 16.4. The second-order valence-corrected chi connectivity index (χ2v) is 8.22. The van der Waals surface area contributed by atoms with Crippen LogP contribution in [0.5, 0.6) is 5.75 Å². The highest BCUT2D eigenvalue weighted by Gasteiger charge is 2.34. The van der Waals surface area contributed by atoms with Gasteiger partial charge >= 0.3 is 0 Å². The predicted molar refractivity (Wildman–Crippen MR) is 116 cm³/mol. The number of halogens is 1. The number of benzene rings is 2. The summed E-state index contributed by atoms with van der Waals surface area (Å²) < 4.78 is 0. The van der Waals surface area contributed by atoms with Crippen LogP contribution in [-0.4, -0.2) is 22.8 Å². The van der Waals surface area contributed by atoms with E-state index in [0.717, 1.165) is 24.1 Å². The first kappa shape index (κ1) is 19.8. The zero-order valence-corrected chi connectivity index (χ0v) is 17.1. The number of amides is 1. The number of hydrogen-bond donors (Lipinski definition) is 2. The van der Waals surface area contributed by atoms with E-state index >= 15 is 0 Å². The van der Waals surface area contributed by atoms with Crippen LogP contribution in [0.3, 0.4) is 0 Å². The van der Waals surface area contributed by atoms with E-state index in [1.165, 1.54) is 25.7 Å². The fraction of sp³-hybridized carbons (Fsp3) is 0.391. The summed E-state index contributed by atoms with van der Waals surface area (Å²) in [6, 6.07) is 14.6. The number of para-hydroxylation sites is 1. The van der Waals surface area contributed by atoms with E-state index in [1.54, 1.807) is 12.1 Å². The molecule has 1 heterocycles. The number of aromatic hydroxyl groups is 1. The SMILES string of the molecule is O=C(NC1CCCCCC1)C1=NN(c2ccccc2Cl)C(c2ccc(O)cc2)C1. The van der Waals surface area contributed by atoms with Crippen molar-refractivity contribution in [3.8, 4) is 5.75 Å². The Morgan fingerprint density at radius 2 is 1.72 bits per heavy atom. The van der Waals surface area contributed by atoms with E-state index in [1.807, 2.05) is 41.4 Å². The summed E-state index contributed by atoms with van der Waals surface area (Å²) in [6.07, 6.45) is 7.39. The molecule has 0 saturated heterocycles. The number of rotatable bonds is 4. The van der Waals surface area contributed by atoms with Crippen molar-refractivity contribution in [2.24, 2.45) is 5.10 Å². The normalized spacial score (nSPS) is 20.2. The monoisotopic (exact) mass is 411 g/mol. The Morgan fingerprint density at radius 3 is 2.41 bits per heavy atom. The summed E-state index contributed by atoms with van der Waals surface area (Å²) >= 11 is 6.43. The number of nitrogens with one attached hydrogen (secondary N) is 1. The fourth-order valence-corrected chi connectivity index (χ4v) is 4.38. The van der Waals surface area contributed by atoms with Gasteiger partial charge in [0, 0.05) is 12.5 Å². The van der Waals surface area contributed by atoms with Crippen LogP contribution in [0.25, 0.3) is 0 Å². The largest absolute Gasteiger partial charge is 0.508 e. The Kier molecular flexibility index (Phi) is 6.05. The van der Waals surface area contributed by atoms with Crippen molar-refractivity contribution in [3.05, 3.63) is 59.1 Å². The molecule has 1 aliphatic heterocycles. The lowest BCUT2D eigenvalue weighted by Crippen LogP contribution is -2.38. The molecule has 5 nitrogen and oxygen atoms in total. The van der Waals surface area contributed by atoms with Crippen LogP contribution in [0, 0.1) is 0 Å². The maximum atomic E-state index is 13.0. The molecule has 1 fully saturated rings. The minimum absolute atomic E-state index is 0.0877. The second-order valence-electron chi connectivity index (χ2n) is 7.82. The minimum Gasteiger partial charge on any atom is -0.508 e. The smallest absolute Gasteiger partial charge is 0.267 e. The van der Waals surface area contributed by atoms with Gasteiger partial charge in [0.1, 0.15) is 11.5 Å². The molecule has 2 aromatic rings. The van der Waals surface area contributed by atoms with Gasteiger partial charge in [-0.05, 0) is 42.7 Å². The van der Waals surface area contributed by atoms with Crippen LogP contribution in [0.4, 0.5) is 5.69 Å². The Morgan fingerprint density at radius 1 is 1.03 bits per heavy atom. The molecule has 2 N–H and O–H groups in total. The topological polar surface area (TPSA) is 64.9 Å². The van der Waals surface area contributed by atoms with E-state index in [9.17, 15) is 9.90 Å². The van der Waals surface area contributed by atoms with Crippen molar-refractivity contribution in [2.45, 2.75) is 57.0 Å². The molecule has 0 radical (unpaired) electrons. The van der Waals surface area contributed by atoms with Crippen molar-refractivity contribution in [1.82, 2.24) is 5.32 Å². The van der Waals surface area contributed by atoms with Crippen LogP contribution in [0.15, 0.2) is 53.6 Å². The van der Waals surface area contributed by atoms with Gasteiger partial charge in [-0.25, -0.2) is 0 Å². The van der Waals surface area contributed by atoms with Gasteiger partial charge in [0.05, 0.1) is 16.8 Å². The van der Waals surface area contributed by atoms with Crippen LogP contribution in [-0.2, 0) is 4.79 Å². The summed E-state index contributed by atoms with van der Waals surface area (Å²) in [5.74, 6) is 0.124. The molecule has 1 aliphatic carbocycles. The van der Waals surface area contributed by atoms with Crippen molar-refractivity contribution in [3.63, 3.8) is 0 Å². The number of phenolic OH excluding ortho intramolecular Hbond substituents is 1. The van der Waals surface area contributed by atoms with Crippen molar-refractivity contribution in [1.29, 1.82) is 0 Å². The van der Waals surface area contributed by atoms with E-state index in [2.05, 4.69) is 10.4 Å². The first-order valence-electron chi connectivity index (χ1n) is 10.3. The molecule has 1 saturated carbocycles. The quantitative estimate of drug-likeness (QED) is 0.680. The summed E-state index contributed by atoms with van der Waals surface area (Å²) in [5, 5.41) is 19.9. The molecule has 0 aromatic heterocycles. The third-order valence-corrected chi connectivity index (χ3v) is 6.06. The molecular weight excluding hydrogens is 386 g/mol. The van der Waals surface area contributed by atoms with Gasteiger partial charge in [-0.3, -0.25) is 9.80 Å². The van der Waals surface area contributed by atoms with Crippen LogP contribution in [0.2, 0.25) is 5.02 Å².